The van der Waals surface area contributed by atoms with Crippen molar-refractivity contribution in [3.8, 4) is 0 Å². The van der Waals surface area contributed by atoms with Crippen LogP contribution in [0.4, 0.5) is 5.82 Å². The number of nitrogens with zero attached hydrogens (tertiary/aromatic N) is 2. The maximum absolute atomic E-state index is 12.0. The van der Waals surface area contributed by atoms with E-state index in [-0.39, 0.29) is 29.9 Å². The van der Waals surface area contributed by atoms with Crippen LogP contribution in [0.5, 0.6) is 0 Å². The van der Waals surface area contributed by atoms with Gasteiger partial charge in [-0.1, -0.05) is 25.8 Å². The molecule has 0 atom stereocenters. The predicted octanol–water partition coefficient (Wildman–Crippen LogP) is 3.47. The van der Waals surface area contributed by atoms with Crippen LogP contribution in [0.2, 0.25) is 0 Å². The molecule has 0 radical (unpaired) electrons. The zero-order valence-electron chi connectivity index (χ0n) is 16.1. The molecule has 0 unspecified atom stereocenters. The van der Waals surface area contributed by atoms with Crippen LogP contribution >= 0.6 is 24.0 Å². The number of carbonyl (C=O) groups is 1. The van der Waals surface area contributed by atoms with Crippen molar-refractivity contribution < 1.29 is 4.79 Å². The van der Waals surface area contributed by atoms with Crippen molar-refractivity contribution in [2.24, 2.45) is 10.4 Å². The minimum absolute atomic E-state index is 0. The summed E-state index contributed by atoms with van der Waals surface area (Å²) in [6.45, 7) is 5.72. The fourth-order valence-corrected chi connectivity index (χ4v) is 3.31. The molecule has 0 aliphatic heterocycles. The smallest absolute Gasteiger partial charge is 0.227 e. The average Bonchev–Trinajstić information content (AvgIpc) is 3.09. The zero-order valence-corrected chi connectivity index (χ0v) is 18.4. The third-order valence-electron chi connectivity index (χ3n) is 5.09. The maximum Gasteiger partial charge on any atom is 0.227 e. The second-order valence-electron chi connectivity index (χ2n) is 6.93. The fraction of sp³-hybridized carbons (Fsp3) is 0.632. The van der Waals surface area contributed by atoms with Gasteiger partial charge in [0.1, 0.15) is 5.82 Å². The molecule has 0 bridgehead atoms. The summed E-state index contributed by atoms with van der Waals surface area (Å²) >= 11 is 0. The van der Waals surface area contributed by atoms with E-state index in [0.29, 0.717) is 24.2 Å². The van der Waals surface area contributed by atoms with E-state index >= 15 is 0 Å². The Morgan fingerprint density at radius 1 is 1.27 bits per heavy atom. The molecular formula is C19H32IN5O. The van der Waals surface area contributed by atoms with Crippen LogP contribution in [-0.4, -0.2) is 37.0 Å². The quantitative estimate of drug-likeness (QED) is 0.322. The van der Waals surface area contributed by atoms with Gasteiger partial charge >= 0.3 is 0 Å². The van der Waals surface area contributed by atoms with E-state index in [0.717, 1.165) is 18.1 Å². The molecule has 146 valence electrons. The maximum atomic E-state index is 12.0. The average molecular weight is 473 g/mol. The first-order valence-electron chi connectivity index (χ1n) is 9.24. The highest BCUT2D eigenvalue weighted by molar-refractivity contribution is 14.0. The van der Waals surface area contributed by atoms with Crippen LogP contribution in [0, 0.1) is 12.3 Å². The minimum Gasteiger partial charge on any atom is -0.356 e. The van der Waals surface area contributed by atoms with Gasteiger partial charge in [0, 0.05) is 32.8 Å². The number of rotatable bonds is 7. The lowest BCUT2D eigenvalue weighted by Crippen LogP contribution is -2.43. The highest BCUT2D eigenvalue weighted by atomic mass is 127. The molecule has 1 aliphatic carbocycles. The third-order valence-corrected chi connectivity index (χ3v) is 5.09. The molecule has 1 aliphatic rings. The summed E-state index contributed by atoms with van der Waals surface area (Å²) < 4.78 is 0. The highest BCUT2D eigenvalue weighted by Gasteiger charge is 2.31. The number of amides is 1. The summed E-state index contributed by atoms with van der Waals surface area (Å²) in [6, 6.07) is 3.74. The molecule has 6 nitrogen and oxygen atoms in total. The molecule has 3 N–H and O–H groups in total. The lowest BCUT2D eigenvalue weighted by Gasteiger charge is -2.28. The molecule has 1 fully saturated rings. The number of hydrogen-bond acceptors (Lipinski definition) is 3. The third kappa shape index (κ3) is 7.09. The first-order valence-corrected chi connectivity index (χ1v) is 9.24. The van der Waals surface area contributed by atoms with Gasteiger partial charge in [-0.05, 0) is 43.2 Å². The van der Waals surface area contributed by atoms with Gasteiger partial charge in [0.2, 0.25) is 5.91 Å². The molecule has 1 heterocycles. The van der Waals surface area contributed by atoms with E-state index in [4.69, 9.17) is 0 Å². The summed E-state index contributed by atoms with van der Waals surface area (Å²) in [4.78, 5) is 20.4. The Bertz CT molecular complexity index is 582. The number of aliphatic imine (C=N–C) groups is 1. The fourth-order valence-electron chi connectivity index (χ4n) is 3.31. The Hall–Kier alpha value is -1.38. The van der Waals surface area contributed by atoms with Crippen LogP contribution in [0.3, 0.4) is 0 Å². The van der Waals surface area contributed by atoms with Crippen molar-refractivity contribution in [3.05, 3.63) is 23.9 Å². The number of hydrogen-bond donors (Lipinski definition) is 3. The van der Waals surface area contributed by atoms with E-state index in [9.17, 15) is 4.79 Å². The van der Waals surface area contributed by atoms with Crippen molar-refractivity contribution in [2.45, 2.75) is 52.4 Å². The van der Waals surface area contributed by atoms with Gasteiger partial charge in [0.25, 0.3) is 0 Å². The standard InChI is InChI=1S/C19H31N5O.HI/c1-4-19(10-5-6-11-19)14-23-18(20-3)21-12-9-17(25)24-16-8-7-15(2)13-22-16;/h7-8,13H,4-6,9-12,14H2,1-3H3,(H2,20,21,23)(H,22,24,25);1H. The Labute approximate surface area is 174 Å². The molecule has 1 aromatic rings. The zero-order chi connectivity index (χ0) is 18.1. The summed E-state index contributed by atoms with van der Waals surface area (Å²) in [7, 11) is 1.76. The summed E-state index contributed by atoms with van der Waals surface area (Å²) in [5.41, 5.74) is 1.48. The van der Waals surface area contributed by atoms with E-state index in [1.807, 2.05) is 19.1 Å². The van der Waals surface area contributed by atoms with Crippen LogP contribution in [0.25, 0.3) is 0 Å². The predicted molar refractivity (Wildman–Crippen MR) is 118 cm³/mol. The van der Waals surface area contributed by atoms with Gasteiger partial charge < -0.3 is 16.0 Å². The van der Waals surface area contributed by atoms with E-state index in [1.54, 1.807) is 13.2 Å². The van der Waals surface area contributed by atoms with Crippen molar-refractivity contribution >= 4 is 41.7 Å². The number of pyridine rings is 1. The Kier molecular flexibility index (Phi) is 9.90. The number of nitrogens with one attached hydrogen (secondary N) is 3. The lowest BCUT2D eigenvalue weighted by atomic mass is 9.83. The Balaban J connectivity index is 0.00000338. The van der Waals surface area contributed by atoms with Crippen molar-refractivity contribution in [1.82, 2.24) is 15.6 Å². The number of carbonyl (C=O) groups excluding carboxylic acids is 1. The van der Waals surface area contributed by atoms with E-state index < -0.39 is 0 Å². The van der Waals surface area contributed by atoms with Crippen molar-refractivity contribution in [3.63, 3.8) is 0 Å². The number of aryl methyl sites for hydroxylation is 1. The largest absolute Gasteiger partial charge is 0.356 e. The van der Waals surface area contributed by atoms with Gasteiger partial charge in [-0.25, -0.2) is 4.98 Å². The van der Waals surface area contributed by atoms with Gasteiger partial charge in [0.05, 0.1) is 0 Å². The van der Waals surface area contributed by atoms with E-state index in [2.05, 4.69) is 32.9 Å². The SMILES string of the molecule is CCC1(CNC(=NC)NCCC(=O)Nc2ccc(C)cn2)CCCC1.I. The molecule has 1 aromatic heterocycles. The summed E-state index contributed by atoms with van der Waals surface area (Å²) in [5, 5.41) is 9.45. The molecule has 2 rings (SSSR count). The first kappa shape index (κ1) is 22.7. The minimum atomic E-state index is -0.0554. The monoisotopic (exact) mass is 473 g/mol. The van der Waals surface area contributed by atoms with Gasteiger partial charge in [-0.3, -0.25) is 9.79 Å². The summed E-state index contributed by atoms with van der Waals surface area (Å²) in [5.74, 6) is 1.30. The second kappa shape index (κ2) is 11.4. The molecular weight excluding hydrogens is 441 g/mol. The first-order chi connectivity index (χ1) is 12.1. The topological polar surface area (TPSA) is 78.4 Å². The lowest BCUT2D eigenvalue weighted by molar-refractivity contribution is -0.116. The molecule has 1 amide bonds. The van der Waals surface area contributed by atoms with Gasteiger partial charge in [0.15, 0.2) is 5.96 Å². The molecule has 7 heteroatoms. The van der Waals surface area contributed by atoms with Crippen LogP contribution in [0.1, 0.15) is 51.0 Å². The van der Waals surface area contributed by atoms with Crippen molar-refractivity contribution in [2.75, 3.05) is 25.5 Å². The van der Waals surface area contributed by atoms with E-state index in [1.165, 1.54) is 32.1 Å². The number of guanidine groups is 1. The molecule has 1 saturated carbocycles. The van der Waals surface area contributed by atoms with Crippen molar-refractivity contribution in [1.29, 1.82) is 0 Å². The number of aromatic nitrogens is 1. The Morgan fingerprint density at radius 3 is 2.58 bits per heavy atom. The molecule has 0 saturated heterocycles. The van der Waals surface area contributed by atoms with Crippen LogP contribution < -0.4 is 16.0 Å². The molecule has 0 spiro atoms. The normalized spacial score (nSPS) is 15.9. The van der Waals surface area contributed by atoms with Crippen LogP contribution in [0.15, 0.2) is 23.3 Å². The second-order valence-corrected chi connectivity index (χ2v) is 6.93. The van der Waals surface area contributed by atoms with Crippen LogP contribution in [-0.2, 0) is 4.79 Å². The number of halogens is 1. The number of anilines is 1. The Morgan fingerprint density at radius 2 is 2.00 bits per heavy atom. The van der Waals surface area contributed by atoms with Gasteiger partial charge in [-0.2, -0.15) is 0 Å². The molecule has 0 aromatic carbocycles. The van der Waals surface area contributed by atoms with Gasteiger partial charge in [-0.15, -0.1) is 24.0 Å². The molecule has 26 heavy (non-hydrogen) atoms. The highest BCUT2D eigenvalue weighted by Crippen LogP contribution is 2.40. The summed E-state index contributed by atoms with van der Waals surface area (Å²) in [6.07, 6.45) is 8.55.